The van der Waals surface area contributed by atoms with E-state index in [1.165, 1.54) is 18.2 Å². The lowest BCUT2D eigenvalue weighted by atomic mass is 10.1. The van der Waals surface area contributed by atoms with E-state index in [1.807, 2.05) is 24.3 Å². The molecular formula is C17H18N2O4. The maximum Gasteiger partial charge on any atom is 0.335 e. The number of unbranched alkanes of at least 4 members (excludes halogenated alkanes) is 1. The minimum Gasteiger partial charge on any atom is -0.494 e. The van der Waals surface area contributed by atoms with E-state index >= 15 is 0 Å². The molecule has 0 aliphatic rings. The number of carboxylic acid groups (broad SMARTS) is 1. The number of carboxylic acids is 1. The Morgan fingerprint density at radius 2 is 1.96 bits per heavy atom. The zero-order valence-electron chi connectivity index (χ0n) is 12.8. The summed E-state index contributed by atoms with van der Waals surface area (Å²) in [5.74, 6) is -0.325. The van der Waals surface area contributed by atoms with E-state index in [-0.39, 0.29) is 11.3 Å². The number of hydrogen-bond acceptors (Lipinski definition) is 5. The van der Waals surface area contributed by atoms with Crippen LogP contribution in [-0.2, 0) is 0 Å². The maximum atomic E-state index is 10.9. The normalized spacial score (nSPS) is 10.1. The third-order valence-electron chi connectivity index (χ3n) is 3.24. The predicted octanol–water partition coefficient (Wildman–Crippen LogP) is 4.71. The molecule has 0 atom stereocenters. The van der Waals surface area contributed by atoms with Gasteiger partial charge >= 0.3 is 5.97 Å². The molecular weight excluding hydrogens is 296 g/mol. The lowest BCUT2D eigenvalue weighted by Crippen LogP contribution is -1.98. The third-order valence-corrected chi connectivity index (χ3v) is 3.24. The quantitative estimate of drug-likeness (QED) is 0.544. The van der Waals surface area contributed by atoms with Gasteiger partial charge in [0, 0.05) is 5.69 Å². The zero-order valence-corrected chi connectivity index (χ0v) is 12.8. The smallest absolute Gasteiger partial charge is 0.335 e. The highest BCUT2D eigenvalue weighted by atomic mass is 16.5. The molecule has 6 nitrogen and oxygen atoms in total. The van der Waals surface area contributed by atoms with Gasteiger partial charge in [-0.05, 0) is 54.1 Å². The standard InChI is InChI=1S/C17H18N2O4/c1-2-3-10-23-14-7-5-13(6-8-14)18-15-9-4-12(17(20)21)11-16(15)19-22/h4-9,11,18H,2-3,10H2,1H3,(H,20,21). The minimum absolute atomic E-state index is 0.0184. The molecule has 0 aromatic heterocycles. The van der Waals surface area contributed by atoms with Gasteiger partial charge in [0.1, 0.15) is 11.4 Å². The number of hydrogen-bond donors (Lipinski definition) is 2. The van der Waals surface area contributed by atoms with Gasteiger partial charge in [-0.15, -0.1) is 4.91 Å². The molecule has 2 aromatic rings. The second-order valence-corrected chi connectivity index (χ2v) is 4.98. The molecule has 0 radical (unpaired) electrons. The average Bonchev–Trinajstić information content (AvgIpc) is 2.57. The topological polar surface area (TPSA) is 88.0 Å². The van der Waals surface area contributed by atoms with Crippen LogP contribution in [0.15, 0.2) is 47.6 Å². The van der Waals surface area contributed by atoms with Crippen molar-refractivity contribution in [3.63, 3.8) is 0 Å². The van der Waals surface area contributed by atoms with Gasteiger partial charge in [-0.2, -0.15) is 0 Å². The minimum atomic E-state index is -1.10. The van der Waals surface area contributed by atoms with Crippen molar-refractivity contribution in [3.05, 3.63) is 52.9 Å². The molecule has 2 aromatic carbocycles. The number of anilines is 2. The van der Waals surface area contributed by atoms with E-state index in [4.69, 9.17) is 9.84 Å². The van der Waals surface area contributed by atoms with Crippen molar-refractivity contribution in [2.75, 3.05) is 11.9 Å². The summed E-state index contributed by atoms with van der Waals surface area (Å²) in [5.41, 5.74) is 1.27. The van der Waals surface area contributed by atoms with E-state index < -0.39 is 5.97 Å². The molecule has 2 rings (SSSR count). The summed E-state index contributed by atoms with van der Waals surface area (Å²) >= 11 is 0. The van der Waals surface area contributed by atoms with Crippen LogP contribution in [0.1, 0.15) is 30.1 Å². The molecule has 0 amide bonds. The molecule has 23 heavy (non-hydrogen) atoms. The van der Waals surface area contributed by atoms with E-state index in [0.717, 1.165) is 24.3 Å². The van der Waals surface area contributed by atoms with Crippen LogP contribution in [0.2, 0.25) is 0 Å². The van der Waals surface area contributed by atoms with Crippen molar-refractivity contribution < 1.29 is 14.6 Å². The number of nitrogens with zero attached hydrogens (tertiary/aromatic N) is 1. The SMILES string of the molecule is CCCCOc1ccc(Nc2ccc(C(=O)O)cc2N=O)cc1. The average molecular weight is 314 g/mol. The van der Waals surface area contributed by atoms with Crippen molar-refractivity contribution in [3.8, 4) is 5.75 Å². The van der Waals surface area contributed by atoms with E-state index in [1.54, 1.807) is 0 Å². The van der Waals surface area contributed by atoms with Crippen molar-refractivity contribution >= 4 is 23.0 Å². The fraction of sp³-hybridized carbons (Fsp3) is 0.235. The predicted molar refractivity (Wildman–Crippen MR) is 89.0 cm³/mol. The number of aromatic carboxylic acids is 1. The Bertz CT molecular complexity index is 683. The Balaban J connectivity index is 2.09. The molecule has 0 saturated carbocycles. The summed E-state index contributed by atoms with van der Waals surface area (Å²) in [5, 5.41) is 14.8. The van der Waals surface area contributed by atoms with Crippen LogP contribution < -0.4 is 10.1 Å². The van der Waals surface area contributed by atoms with Crippen LogP contribution in [-0.4, -0.2) is 17.7 Å². The summed E-state index contributed by atoms with van der Waals surface area (Å²) in [4.78, 5) is 21.8. The van der Waals surface area contributed by atoms with Crippen LogP contribution in [0.3, 0.4) is 0 Å². The second kappa shape index (κ2) is 7.93. The molecule has 0 heterocycles. The molecule has 2 N–H and O–H groups in total. The van der Waals surface area contributed by atoms with Gasteiger partial charge in [-0.3, -0.25) is 0 Å². The fourth-order valence-corrected chi connectivity index (χ4v) is 1.97. The number of ether oxygens (including phenoxy) is 1. The van der Waals surface area contributed by atoms with Gasteiger partial charge in [-0.1, -0.05) is 13.3 Å². The third kappa shape index (κ3) is 4.54. The van der Waals surface area contributed by atoms with Gasteiger partial charge < -0.3 is 15.2 Å². The number of benzene rings is 2. The first-order chi connectivity index (χ1) is 11.1. The van der Waals surface area contributed by atoms with Crippen molar-refractivity contribution in [2.45, 2.75) is 19.8 Å². The van der Waals surface area contributed by atoms with Crippen LogP contribution in [0, 0.1) is 4.91 Å². The van der Waals surface area contributed by atoms with Gasteiger partial charge in [0.15, 0.2) is 0 Å². The largest absolute Gasteiger partial charge is 0.494 e. The van der Waals surface area contributed by atoms with Gasteiger partial charge in [0.05, 0.1) is 17.9 Å². The highest BCUT2D eigenvalue weighted by Crippen LogP contribution is 2.29. The van der Waals surface area contributed by atoms with E-state index in [2.05, 4.69) is 17.4 Å². The maximum absolute atomic E-state index is 10.9. The highest BCUT2D eigenvalue weighted by Gasteiger charge is 2.09. The molecule has 0 fully saturated rings. The number of carbonyl (C=O) groups is 1. The molecule has 120 valence electrons. The summed E-state index contributed by atoms with van der Waals surface area (Å²) in [6.45, 7) is 2.78. The molecule has 0 spiro atoms. The van der Waals surface area contributed by atoms with Gasteiger partial charge in [0.2, 0.25) is 0 Å². The van der Waals surface area contributed by atoms with Crippen molar-refractivity contribution in [2.24, 2.45) is 5.18 Å². The second-order valence-electron chi connectivity index (χ2n) is 4.98. The molecule has 0 unspecified atom stereocenters. The Kier molecular flexibility index (Phi) is 5.68. The highest BCUT2D eigenvalue weighted by molar-refractivity contribution is 5.90. The molecule has 0 saturated heterocycles. The lowest BCUT2D eigenvalue weighted by molar-refractivity contribution is 0.0697. The Hall–Kier alpha value is -2.89. The first kappa shape index (κ1) is 16.5. The fourth-order valence-electron chi connectivity index (χ4n) is 1.97. The van der Waals surface area contributed by atoms with E-state index in [0.29, 0.717) is 12.3 Å². The van der Waals surface area contributed by atoms with Crippen LogP contribution >= 0.6 is 0 Å². The monoisotopic (exact) mass is 314 g/mol. The van der Waals surface area contributed by atoms with Crippen molar-refractivity contribution in [1.29, 1.82) is 0 Å². The van der Waals surface area contributed by atoms with E-state index in [9.17, 15) is 9.70 Å². The van der Waals surface area contributed by atoms with Gasteiger partial charge in [-0.25, -0.2) is 4.79 Å². The van der Waals surface area contributed by atoms with Gasteiger partial charge in [0.25, 0.3) is 0 Å². The number of nitrogens with one attached hydrogen (secondary N) is 1. The van der Waals surface area contributed by atoms with Crippen LogP contribution in [0.5, 0.6) is 5.75 Å². The summed E-state index contributed by atoms with van der Waals surface area (Å²) in [7, 11) is 0. The number of nitroso groups, excluding NO2 is 1. The summed E-state index contributed by atoms with van der Waals surface area (Å²) < 4.78 is 5.58. The number of rotatable bonds is 8. The molecule has 0 bridgehead atoms. The molecule has 6 heteroatoms. The Labute approximate surface area is 134 Å². The molecule has 0 aliphatic heterocycles. The zero-order chi connectivity index (χ0) is 16.7. The van der Waals surface area contributed by atoms with Crippen LogP contribution in [0.4, 0.5) is 17.1 Å². The summed E-state index contributed by atoms with van der Waals surface area (Å²) in [6, 6.07) is 11.5. The summed E-state index contributed by atoms with van der Waals surface area (Å²) in [6.07, 6.45) is 2.08. The Morgan fingerprint density at radius 1 is 1.22 bits per heavy atom. The first-order valence-corrected chi connectivity index (χ1v) is 7.34. The lowest BCUT2D eigenvalue weighted by Gasteiger charge is -2.10. The van der Waals surface area contributed by atoms with Crippen LogP contribution in [0.25, 0.3) is 0 Å². The Morgan fingerprint density at radius 3 is 2.57 bits per heavy atom. The first-order valence-electron chi connectivity index (χ1n) is 7.34. The molecule has 0 aliphatic carbocycles. The van der Waals surface area contributed by atoms with Crippen molar-refractivity contribution in [1.82, 2.24) is 0 Å².